The minimum atomic E-state index is -4.84. The van der Waals surface area contributed by atoms with Crippen molar-refractivity contribution in [2.24, 2.45) is 0 Å². The predicted octanol–water partition coefficient (Wildman–Crippen LogP) is -5.35. The van der Waals surface area contributed by atoms with Crippen molar-refractivity contribution >= 4 is 34.4 Å². The summed E-state index contributed by atoms with van der Waals surface area (Å²) >= 11 is 0. The largest absolute Gasteiger partial charge is 1.00 e. The second-order valence-corrected chi connectivity index (χ2v) is 7.74. The first-order valence-corrected chi connectivity index (χ1v) is 10.2. The number of hydrogen-bond donors (Lipinski definition) is 4. The van der Waals surface area contributed by atoms with Crippen LogP contribution in [-0.4, -0.2) is 80.0 Å². The fourth-order valence-electron chi connectivity index (χ4n) is 2.82. The van der Waals surface area contributed by atoms with E-state index in [2.05, 4.69) is 16.0 Å². The van der Waals surface area contributed by atoms with Gasteiger partial charge in [-0.25, -0.2) is 4.31 Å². The van der Waals surface area contributed by atoms with Crippen molar-refractivity contribution in [2.45, 2.75) is 24.5 Å². The van der Waals surface area contributed by atoms with E-state index >= 15 is 0 Å². The molecule has 172 valence electrons. The van der Waals surface area contributed by atoms with Crippen LogP contribution in [0.25, 0.3) is 0 Å². The van der Waals surface area contributed by atoms with E-state index in [1.165, 1.54) is 7.05 Å². The Bertz CT molecular complexity index is 953. The van der Waals surface area contributed by atoms with E-state index in [4.69, 9.17) is 14.0 Å². The number of methoxy groups -OCH3 is 1. The van der Waals surface area contributed by atoms with Gasteiger partial charge in [0.2, 0.25) is 18.0 Å². The Morgan fingerprint density at radius 1 is 1.31 bits per heavy atom. The van der Waals surface area contributed by atoms with E-state index < -0.39 is 52.4 Å². The zero-order valence-corrected chi connectivity index (χ0v) is 20.4. The summed E-state index contributed by atoms with van der Waals surface area (Å²) in [7, 11) is -2.52. The Morgan fingerprint density at radius 3 is 2.41 bits per heavy atom. The van der Waals surface area contributed by atoms with Crippen LogP contribution in [0.2, 0.25) is 0 Å². The molecule has 1 aromatic rings. The maximum absolute atomic E-state index is 12.9. The van der Waals surface area contributed by atoms with Crippen molar-refractivity contribution in [1.82, 2.24) is 20.3 Å². The molecule has 13 nitrogen and oxygen atoms in total. The number of benzene rings is 1. The van der Waals surface area contributed by atoms with Gasteiger partial charge in [0.15, 0.2) is 6.10 Å². The number of nitrogens with one attached hydrogen (secondary N) is 3. The van der Waals surface area contributed by atoms with E-state index in [9.17, 15) is 27.6 Å². The molecule has 1 aromatic carbocycles. The predicted molar refractivity (Wildman–Crippen MR) is 104 cm³/mol. The van der Waals surface area contributed by atoms with Crippen LogP contribution < -0.4 is 45.5 Å². The van der Waals surface area contributed by atoms with Crippen LogP contribution in [0.1, 0.15) is 6.99 Å². The van der Waals surface area contributed by atoms with Crippen LogP contribution in [0.15, 0.2) is 30.3 Å². The number of likely N-dealkylation sites (N-methyl/N-ethyl adjacent to an activating group) is 1. The Hall–Kier alpha value is -2.07. The number of rotatable bonds is 11. The molecule has 0 spiro atoms. The van der Waals surface area contributed by atoms with Gasteiger partial charge in [0.1, 0.15) is 6.04 Å². The molecule has 0 aliphatic carbocycles. The second kappa shape index (κ2) is 11.7. The number of amides is 4. The van der Waals surface area contributed by atoms with Gasteiger partial charge < -0.3 is 26.9 Å². The van der Waals surface area contributed by atoms with Crippen molar-refractivity contribution in [3.63, 3.8) is 0 Å². The number of β-lactam (4-membered cyclic amide) rings is 1. The molecule has 0 radical (unpaired) electrons. The van der Waals surface area contributed by atoms with Crippen LogP contribution in [0.5, 0.6) is 0 Å². The molecule has 1 fully saturated rings. The molecular weight excluding hydrogens is 459 g/mol. The van der Waals surface area contributed by atoms with Crippen molar-refractivity contribution < 1.29 is 72.6 Å². The molecule has 4 amide bonds. The third-order valence-corrected chi connectivity index (χ3v) is 5.35. The van der Waals surface area contributed by atoms with Gasteiger partial charge in [0.25, 0.3) is 11.8 Å². The first-order valence-electron chi connectivity index (χ1n) is 8.83. The summed E-state index contributed by atoms with van der Waals surface area (Å²) in [5.74, 6) is -3.04. The molecule has 1 aliphatic heterocycles. The van der Waals surface area contributed by atoms with Crippen LogP contribution in [0, 0.1) is 0 Å². The summed E-state index contributed by atoms with van der Waals surface area (Å²) < 4.78 is 42.1. The minimum Gasteiger partial charge on any atom is -1.00 e. The fraction of sp³-hybridized carbons (Fsp3) is 0.412. The van der Waals surface area contributed by atoms with Crippen LogP contribution in [-0.2, 0) is 45.6 Å². The average molecular weight is 482 g/mol. The Morgan fingerprint density at radius 2 is 1.94 bits per heavy atom. The third kappa shape index (κ3) is 6.25. The van der Waals surface area contributed by atoms with E-state index in [1.807, 2.05) is 0 Å². The Balaban J connectivity index is 0.00000512. The molecule has 0 saturated carbocycles. The average Bonchev–Trinajstić information content (AvgIpc) is 2.74. The van der Waals surface area contributed by atoms with Crippen molar-refractivity contribution in [2.75, 3.05) is 20.7 Å². The van der Waals surface area contributed by atoms with E-state index in [1.54, 1.807) is 30.3 Å². The zero-order valence-electron chi connectivity index (χ0n) is 18.6. The molecule has 2 rings (SSSR count). The molecule has 1 aliphatic rings. The molecule has 15 heteroatoms. The van der Waals surface area contributed by atoms with Gasteiger partial charge in [-0.2, -0.15) is 8.42 Å². The van der Waals surface area contributed by atoms with E-state index in [-0.39, 0.29) is 48.3 Å². The quantitative estimate of drug-likeness (QED) is 0.0787. The van der Waals surface area contributed by atoms with Crippen LogP contribution in [0.3, 0.4) is 0 Å². The van der Waals surface area contributed by atoms with Crippen molar-refractivity contribution in [1.29, 1.82) is 0 Å². The summed E-state index contributed by atoms with van der Waals surface area (Å²) in [6.07, 6.45) is -1.42. The SMILES string of the molecule is CNC(=O)C(NC=O)C(OCc1ccccc1)C(=O)NC1(OC)CN(S(=O)(=O)O)C1=O.[H-].[Na+]. The van der Waals surface area contributed by atoms with Crippen LogP contribution in [0.4, 0.5) is 0 Å². The number of nitrogens with zero attached hydrogens (tertiary/aromatic N) is 1. The maximum Gasteiger partial charge on any atom is 1.00 e. The summed E-state index contributed by atoms with van der Waals surface area (Å²) in [6, 6.07) is 7.14. The van der Waals surface area contributed by atoms with E-state index in [0.29, 0.717) is 5.56 Å². The second-order valence-electron chi connectivity index (χ2n) is 6.40. The zero-order chi connectivity index (χ0) is 23.2. The summed E-state index contributed by atoms with van der Waals surface area (Å²) in [4.78, 5) is 48.4. The first-order chi connectivity index (χ1) is 14.6. The number of carbonyl (C=O) groups is 4. The molecular formula is C17H23N4NaO9S. The summed E-state index contributed by atoms with van der Waals surface area (Å²) in [5.41, 5.74) is -1.45. The van der Waals surface area contributed by atoms with Gasteiger partial charge in [0, 0.05) is 14.2 Å². The molecule has 4 N–H and O–H groups in total. The topological polar surface area (TPSA) is 180 Å². The fourth-order valence-corrected chi connectivity index (χ4v) is 3.52. The Labute approximate surface area is 207 Å². The Kier molecular flexibility index (Phi) is 10.2. The van der Waals surface area contributed by atoms with Gasteiger partial charge in [-0.15, -0.1) is 0 Å². The molecule has 0 aromatic heterocycles. The van der Waals surface area contributed by atoms with Crippen molar-refractivity contribution in [3.05, 3.63) is 35.9 Å². The van der Waals surface area contributed by atoms with Gasteiger partial charge in [-0.05, 0) is 5.56 Å². The molecule has 3 unspecified atom stereocenters. The van der Waals surface area contributed by atoms with E-state index in [0.717, 1.165) is 7.11 Å². The normalized spacial score (nSPS) is 19.6. The standard InChI is InChI=1S/C17H22N4O9S.Na.H/c1-18-14(23)12(19-10-22)13(30-8-11-6-4-3-5-7-11)15(24)20-17(29-2)9-21(16(17)25)31(26,27)28;;/h3-7,10,12-13H,8-9H2,1-2H3,(H,18,23)(H,19,22)(H,20,24)(H,26,27,28);;/q;+1;-1. The first kappa shape index (κ1) is 28.0. The van der Waals surface area contributed by atoms with Gasteiger partial charge in [0.05, 0.1) is 13.2 Å². The van der Waals surface area contributed by atoms with Gasteiger partial charge in [-0.1, -0.05) is 30.3 Å². The third-order valence-electron chi connectivity index (χ3n) is 4.50. The van der Waals surface area contributed by atoms with Crippen LogP contribution >= 0.6 is 0 Å². The van der Waals surface area contributed by atoms with Gasteiger partial charge in [-0.3, -0.25) is 23.7 Å². The molecule has 0 bridgehead atoms. The smallest absolute Gasteiger partial charge is 1.00 e. The molecule has 32 heavy (non-hydrogen) atoms. The summed E-state index contributed by atoms with van der Waals surface area (Å²) in [6.45, 7) is -0.831. The number of carbonyl (C=O) groups excluding carboxylic acids is 4. The monoisotopic (exact) mass is 482 g/mol. The molecule has 1 saturated heterocycles. The minimum absolute atomic E-state index is 0. The molecule has 1 heterocycles. The number of hydrogen-bond acceptors (Lipinski definition) is 8. The molecule has 3 atom stereocenters. The number of ether oxygens (including phenoxy) is 2. The van der Waals surface area contributed by atoms with Gasteiger partial charge >= 0.3 is 39.9 Å². The summed E-state index contributed by atoms with van der Waals surface area (Å²) in [5, 5.41) is 6.67. The van der Waals surface area contributed by atoms with Crippen molar-refractivity contribution in [3.8, 4) is 0 Å². The maximum atomic E-state index is 12.9.